The van der Waals surface area contributed by atoms with Crippen LogP contribution < -0.4 is 0 Å². The molecule has 1 unspecified atom stereocenters. The van der Waals surface area contributed by atoms with Crippen LogP contribution in [0.5, 0.6) is 0 Å². The van der Waals surface area contributed by atoms with Gasteiger partial charge in [0.2, 0.25) is 6.10 Å². The molecule has 172 valence electrons. The van der Waals surface area contributed by atoms with E-state index in [4.69, 9.17) is 18.9 Å². The van der Waals surface area contributed by atoms with Crippen molar-refractivity contribution in [3.63, 3.8) is 0 Å². The Morgan fingerprint density at radius 1 is 0.647 bits per heavy atom. The second-order valence-electron chi connectivity index (χ2n) is 7.37. The van der Waals surface area contributed by atoms with Crippen LogP contribution in [0.15, 0.2) is 91.0 Å². The van der Waals surface area contributed by atoms with Crippen LogP contribution in [0.25, 0.3) is 0 Å². The summed E-state index contributed by atoms with van der Waals surface area (Å²) in [5.74, 6) is -3.08. The van der Waals surface area contributed by atoms with Crippen molar-refractivity contribution in [2.24, 2.45) is 0 Å². The van der Waals surface area contributed by atoms with Crippen LogP contribution >= 0.6 is 0 Å². The van der Waals surface area contributed by atoms with Crippen LogP contribution in [0.1, 0.15) is 31.1 Å². The molecule has 1 aliphatic heterocycles. The Kier molecular flexibility index (Phi) is 6.98. The van der Waals surface area contributed by atoms with E-state index in [-0.39, 0.29) is 11.1 Å². The predicted octanol–water partition coefficient (Wildman–Crippen LogP) is 3.22. The number of hydrogen-bond donors (Lipinski definition) is 0. The van der Waals surface area contributed by atoms with Crippen molar-refractivity contribution in [2.45, 2.75) is 18.3 Å². The van der Waals surface area contributed by atoms with E-state index in [2.05, 4.69) is 0 Å². The third-order valence-electron chi connectivity index (χ3n) is 5.05. The lowest BCUT2D eigenvalue weighted by Crippen LogP contribution is -2.41. The summed E-state index contributed by atoms with van der Waals surface area (Å²) in [6.07, 6.45) is -4.02. The van der Waals surface area contributed by atoms with Gasteiger partial charge in [0.1, 0.15) is 6.61 Å². The highest BCUT2D eigenvalue weighted by atomic mass is 16.7. The van der Waals surface area contributed by atoms with Gasteiger partial charge >= 0.3 is 23.9 Å². The van der Waals surface area contributed by atoms with Crippen LogP contribution in [-0.4, -0.2) is 48.8 Å². The average Bonchev–Trinajstić information content (AvgIpc) is 3.17. The zero-order valence-corrected chi connectivity index (χ0v) is 17.9. The zero-order valence-electron chi connectivity index (χ0n) is 17.9. The SMILES string of the molecule is O=C(OC[C@H]1OC(=O)C(OC(=O)c2ccccc2)[C@H]1OC(=O)c1ccccc1)c1ccccc1. The molecule has 3 aromatic rings. The third kappa shape index (κ3) is 5.29. The first-order chi connectivity index (χ1) is 16.5. The lowest BCUT2D eigenvalue weighted by molar-refractivity contribution is -0.148. The number of cyclic esters (lactones) is 1. The van der Waals surface area contributed by atoms with Crippen molar-refractivity contribution in [1.82, 2.24) is 0 Å². The molecule has 0 saturated carbocycles. The molecule has 0 N–H and O–H groups in total. The van der Waals surface area contributed by atoms with Gasteiger partial charge < -0.3 is 18.9 Å². The molecule has 4 rings (SSSR count). The first kappa shape index (κ1) is 22.7. The van der Waals surface area contributed by atoms with Gasteiger partial charge in [-0.3, -0.25) is 0 Å². The quantitative estimate of drug-likeness (QED) is 0.391. The van der Waals surface area contributed by atoms with E-state index in [1.54, 1.807) is 66.7 Å². The maximum absolute atomic E-state index is 12.7. The molecule has 1 fully saturated rings. The van der Waals surface area contributed by atoms with Crippen LogP contribution in [-0.2, 0) is 23.7 Å². The molecular formula is C26H20O8. The standard InChI is InChI=1S/C26H20O8/c27-23(17-10-4-1-5-11-17)31-16-20-21(33-24(28)18-12-6-2-7-13-18)22(26(30)32-20)34-25(29)19-14-8-3-9-15-19/h1-15,20-22H,16H2/t20-,21+,22?/m1/s1. The largest absolute Gasteiger partial charge is 0.458 e. The summed E-state index contributed by atoms with van der Waals surface area (Å²) >= 11 is 0. The molecule has 1 aliphatic rings. The maximum atomic E-state index is 12.7. The molecule has 1 heterocycles. The number of carbonyl (C=O) groups is 4. The Labute approximate surface area is 195 Å². The normalized spacial score (nSPS) is 19.1. The Morgan fingerprint density at radius 2 is 1.09 bits per heavy atom. The number of ether oxygens (including phenoxy) is 4. The van der Waals surface area contributed by atoms with Gasteiger partial charge in [-0.05, 0) is 36.4 Å². The molecular weight excluding hydrogens is 440 g/mol. The summed E-state index contributed by atoms with van der Waals surface area (Å²) in [7, 11) is 0. The minimum atomic E-state index is -1.53. The molecule has 34 heavy (non-hydrogen) atoms. The smallest absolute Gasteiger partial charge is 0.352 e. The molecule has 3 aromatic carbocycles. The van der Waals surface area contributed by atoms with Gasteiger partial charge in [0.05, 0.1) is 16.7 Å². The Morgan fingerprint density at radius 3 is 1.59 bits per heavy atom. The molecule has 0 spiro atoms. The average molecular weight is 460 g/mol. The van der Waals surface area contributed by atoms with Gasteiger partial charge in [-0.1, -0.05) is 54.6 Å². The molecule has 0 aromatic heterocycles. The minimum absolute atomic E-state index is 0.211. The van der Waals surface area contributed by atoms with Crippen LogP contribution in [0.4, 0.5) is 0 Å². The highest BCUT2D eigenvalue weighted by Crippen LogP contribution is 2.25. The van der Waals surface area contributed by atoms with Crippen molar-refractivity contribution in [1.29, 1.82) is 0 Å². The second-order valence-corrected chi connectivity index (χ2v) is 7.37. The lowest BCUT2D eigenvalue weighted by atomic mass is 10.1. The number of hydrogen-bond acceptors (Lipinski definition) is 8. The molecule has 3 atom stereocenters. The summed E-state index contributed by atoms with van der Waals surface area (Å²) in [6.45, 7) is -0.397. The van der Waals surface area contributed by atoms with Crippen molar-refractivity contribution < 1.29 is 38.1 Å². The summed E-state index contributed by atoms with van der Waals surface area (Å²) in [5, 5.41) is 0. The van der Waals surface area contributed by atoms with E-state index in [1.165, 1.54) is 24.3 Å². The van der Waals surface area contributed by atoms with E-state index >= 15 is 0 Å². The lowest BCUT2D eigenvalue weighted by Gasteiger charge is -2.21. The second kappa shape index (κ2) is 10.4. The number of esters is 4. The molecule has 0 bridgehead atoms. The van der Waals surface area contributed by atoms with E-state index in [9.17, 15) is 19.2 Å². The van der Waals surface area contributed by atoms with E-state index in [0.717, 1.165) is 0 Å². The first-order valence-corrected chi connectivity index (χ1v) is 10.5. The number of carbonyl (C=O) groups excluding carboxylic acids is 4. The van der Waals surface area contributed by atoms with Crippen LogP contribution in [0.2, 0.25) is 0 Å². The van der Waals surface area contributed by atoms with Crippen molar-refractivity contribution in [2.75, 3.05) is 6.61 Å². The zero-order chi connectivity index (χ0) is 23.9. The van der Waals surface area contributed by atoms with E-state index in [0.29, 0.717) is 5.56 Å². The van der Waals surface area contributed by atoms with Gasteiger partial charge in [-0.2, -0.15) is 0 Å². The van der Waals surface area contributed by atoms with Crippen molar-refractivity contribution in [3.8, 4) is 0 Å². The summed E-state index contributed by atoms with van der Waals surface area (Å²) < 4.78 is 21.4. The molecule has 8 heteroatoms. The Bertz CT molecular complexity index is 1160. The summed E-state index contributed by atoms with van der Waals surface area (Å²) in [6, 6.07) is 24.4. The van der Waals surface area contributed by atoms with E-state index < -0.39 is 48.8 Å². The molecule has 0 amide bonds. The Hall–Kier alpha value is -4.46. The summed E-state index contributed by atoms with van der Waals surface area (Å²) in [5.41, 5.74) is 0.745. The fraction of sp³-hybridized carbons (Fsp3) is 0.154. The highest BCUT2D eigenvalue weighted by Gasteiger charge is 2.51. The predicted molar refractivity (Wildman–Crippen MR) is 118 cm³/mol. The van der Waals surface area contributed by atoms with Crippen molar-refractivity contribution >= 4 is 23.9 Å². The fourth-order valence-corrected chi connectivity index (χ4v) is 3.33. The minimum Gasteiger partial charge on any atom is -0.458 e. The summed E-state index contributed by atoms with van der Waals surface area (Å²) in [4.78, 5) is 50.1. The Balaban J connectivity index is 1.51. The topological polar surface area (TPSA) is 105 Å². The molecule has 0 aliphatic carbocycles. The number of rotatable bonds is 7. The fourth-order valence-electron chi connectivity index (χ4n) is 3.33. The van der Waals surface area contributed by atoms with Crippen LogP contribution in [0.3, 0.4) is 0 Å². The van der Waals surface area contributed by atoms with Crippen molar-refractivity contribution in [3.05, 3.63) is 108 Å². The van der Waals surface area contributed by atoms with Gasteiger partial charge in [0.25, 0.3) is 0 Å². The van der Waals surface area contributed by atoms with Gasteiger partial charge in [-0.25, -0.2) is 19.2 Å². The van der Waals surface area contributed by atoms with Gasteiger partial charge in [0, 0.05) is 0 Å². The number of benzene rings is 3. The van der Waals surface area contributed by atoms with Gasteiger partial charge in [-0.15, -0.1) is 0 Å². The molecule has 1 saturated heterocycles. The van der Waals surface area contributed by atoms with Gasteiger partial charge in [0.15, 0.2) is 12.2 Å². The van der Waals surface area contributed by atoms with Crippen LogP contribution in [0, 0.1) is 0 Å². The third-order valence-corrected chi connectivity index (χ3v) is 5.05. The van der Waals surface area contributed by atoms with E-state index in [1.807, 2.05) is 0 Å². The highest BCUT2D eigenvalue weighted by molar-refractivity contribution is 5.93. The maximum Gasteiger partial charge on any atom is 0.352 e. The molecule has 8 nitrogen and oxygen atoms in total. The monoisotopic (exact) mass is 460 g/mol. The first-order valence-electron chi connectivity index (χ1n) is 10.5. The molecule has 0 radical (unpaired) electrons.